The Hall–Kier alpha value is -1.23. The Morgan fingerprint density at radius 1 is 1.33 bits per heavy atom. The second-order valence-corrected chi connectivity index (χ2v) is 4.63. The van der Waals surface area contributed by atoms with Crippen LogP contribution in [0.3, 0.4) is 0 Å². The number of unbranched alkanes of at least 4 members (excludes halogenated alkanes) is 3. The fourth-order valence-electron chi connectivity index (χ4n) is 1.58. The zero-order valence-corrected chi connectivity index (χ0v) is 11.9. The molecule has 1 aromatic rings. The summed E-state index contributed by atoms with van der Waals surface area (Å²) in [5.41, 5.74) is 0. The minimum Gasteiger partial charge on any atom is -0.468 e. The van der Waals surface area contributed by atoms with E-state index in [9.17, 15) is 0 Å². The van der Waals surface area contributed by atoms with Crippen molar-refractivity contribution in [3.05, 3.63) is 18.5 Å². The fourth-order valence-corrected chi connectivity index (χ4v) is 1.84. The molecule has 0 fully saturated rings. The van der Waals surface area contributed by atoms with Gasteiger partial charge < -0.3 is 4.74 Å². The quantitative estimate of drug-likeness (QED) is 0.604. The van der Waals surface area contributed by atoms with Gasteiger partial charge in [-0.05, 0) is 38.0 Å². The van der Waals surface area contributed by atoms with Gasteiger partial charge in [0.15, 0.2) is 0 Å². The lowest BCUT2D eigenvalue weighted by molar-refractivity contribution is 0.198. The van der Waals surface area contributed by atoms with Crippen LogP contribution in [0.5, 0.6) is 0 Å². The minimum atomic E-state index is 0.130. The van der Waals surface area contributed by atoms with Gasteiger partial charge in [-0.3, -0.25) is 5.32 Å². The molecule has 0 saturated heterocycles. The minimum absolute atomic E-state index is 0.130. The van der Waals surface area contributed by atoms with E-state index in [1.807, 2.05) is 6.92 Å². The normalized spacial score (nSPS) is 11.9. The Morgan fingerprint density at radius 2 is 2.06 bits per heavy atom. The highest BCUT2D eigenvalue weighted by Gasteiger charge is 2.07. The standard InChI is InChI=1S/C13H21N3OS/c1-3-4-5-6-8-11(2)17-13(18)16-12-14-9-7-10-15-12/h7,9-11H,3-6,8H2,1-2H3,(H,14,15,16,18). The summed E-state index contributed by atoms with van der Waals surface area (Å²) in [4.78, 5) is 8.05. The third-order valence-electron chi connectivity index (χ3n) is 2.55. The fraction of sp³-hybridized carbons (Fsp3) is 0.615. The Balaban J connectivity index is 2.19. The van der Waals surface area contributed by atoms with Gasteiger partial charge in [0.1, 0.15) is 0 Å². The Bertz CT molecular complexity index is 345. The number of hydrogen-bond donors (Lipinski definition) is 1. The van der Waals surface area contributed by atoms with E-state index < -0.39 is 0 Å². The van der Waals surface area contributed by atoms with Crippen molar-refractivity contribution in [2.45, 2.75) is 52.1 Å². The van der Waals surface area contributed by atoms with E-state index in [2.05, 4.69) is 22.2 Å². The highest BCUT2D eigenvalue weighted by Crippen LogP contribution is 2.08. The summed E-state index contributed by atoms with van der Waals surface area (Å²) < 4.78 is 5.57. The van der Waals surface area contributed by atoms with E-state index in [1.165, 1.54) is 25.7 Å². The zero-order chi connectivity index (χ0) is 13.2. The molecule has 0 radical (unpaired) electrons. The molecular weight excluding hydrogens is 246 g/mol. The highest BCUT2D eigenvalue weighted by molar-refractivity contribution is 7.80. The molecule has 0 aromatic carbocycles. The SMILES string of the molecule is CCCCCCC(C)OC(=S)Nc1ncccn1. The molecule has 1 N–H and O–H groups in total. The molecule has 0 aliphatic carbocycles. The summed E-state index contributed by atoms with van der Waals surface area (Å²) in [6, 6.07) is 1.76. The topological polar surface area (TPSA) is 47.0 Å². The average Bonchev–Trinajstić information content (AvgIpc) is 2.35. The van der Waals surface area contributed by atoms with Crippen LogP contribution < -0.4 is 5.32 Å². The molecule has 5 heteroatoms. The van der Waals surface area contributed by atoms with E-state index >= 15 is 0 Å². The van der Waals surface area contributed by atoms with E-state index in [-0.39, 0.29) is 6.10 Å². The van der Waals surface area contributed by atoms with Gasteiger partial charge in [0, 0.05) is 12.4 Å². The Morgan fingerprint density at radius 3 is 2.72 bits per heavy atom. The molecule has 1 heterocycles. The zero-order valence-electron chi connectivity index (χ0n) is 11.1. The summed E-state index contributed by atoms with van der Waals surface area (Å²) in [6.45, 7) is 4.24. The van der Waals surface area contributed by atoms with Crippen molar-refractivity contribution in [2.75, 3.05) is 5.32 Å². The van der Waals surface area contributed by atoms with Gasteiger partial charge in [-0.15, -0.1) is 0 Å². The number of anilines is 1. The van der Waals surface area contributed by atoms with Crippen molar-refractivity contribution in [1.29, 1.82) is 0 Å². The number of nitrogens with one attached hydrogen (secondary N) is 1. The molecule has 18 heavy (non-hydrogen) atoms. The van der Waals surface area contributed by atoms with Crippen LogP contribution in [0.1, 0.15) is 46.0 Å². The molecule has 0 spiro atoms. The molecule has 0 saturated carbocycles. The second kappa shape index (κ2) is 8.80. The maximum absolute atomic E-state index is 5.57. The van der Waals surface area contributed by atoms with Gasteiger partial charge >= 0.3 is 0 Å². The van der Waals surface area contributed by atoms with E-state index in [0.29, 0.717) is 11.1 Å². The number of thiocarbonyl (C=S) groups is 1. The van der Waals surface area contributed by atoms with Gasteiger partial charge in [-0.1, -0.05) is 26.2 Å². The van der Waals surface area contributed by atoms with Crippen molar-refractivity contribution < 1.29 is 4.74 Å². The first-order chi connectivity index (χ1) is 8.72. The van der Waals surface area contributed by atoms with Crippen molar-refractivity contribution in [2.24, 2.45) is 0 Å². The maximum Gasteiger partial charge on any atom is 0.263 e. The van der Waals surface area contributed by atoms with Crippen LogP contribution in [0.4, 0.5) is 5.95 Å². The molecule has 1 atom stereocenters. The van der Waals surface area contributed by atoms with Crippen LogP contribution in [-0.2, 0) is 4.74 Å². The number of hydrogen-bond acceptors (Lipinski definition) is 4. The largest absolute Gasteiger partial charge is 0.468 e. The molecular formula is C13H21N3OS. The lowest BCUT2D eigenvalue weighted by Crippen LogP contribution is -2.20. The van der Waals surface area contributed by atoms with Crippen LogP contribution in [-0.4, -0.2) is 21.2 Å². The van der Waals surface area contributed by atoms with E-state index in [0.717, 1.165) is 6.42 Å². The van der Waals surface area contributed by atoms with Crippen LogP contribution >= 0.6 is 12.2 Å². The molecule has 0 amide bonds. The summed E-state index contributed by atoms with van der Waals surface area (Å²) in [5, 5.41) is 3.20. The summed E-state index contributed by atoms with van der Waals surface area (Å²) in [6.07, 6.45) is 9.44. The average molecular weight is 267 g/mol. The van der Waals surface area contributed by atoms with Gasteiger partial charge in [0.05, 0.1) is 6.10 Å². The molecule has 1 rings (SSSR count). The summed E-state index contributed by atoms with van der Waals surface area (Å²) in [7, 11) is 0. The smallest absolute Gasteiger partial charge is 0.263 e. The lowest BCUT2D eigenvalue weighted by Gasteiger charge is -2.15. The first-order valence-corrected chi connectivity index (χ1v) is 6.88. The molecule has 4 nitrogen and oxygen atoms in total. The lowest BCUT2D eigenvalue weighted by atomic mass is 10.1. The van der Waals surface area contributed by atoms with Crippen LogP contribution in [0.25, 0.3) is 0 Å². The van der Waals surface area contributed by atoms with Gasteiger partial charge in [-0.2, -0.15) is 0 Å². The first kappa shape index (κ1) is 14.8. The monoisotopic (exact) mass is 267 g/mol. The first-order valence-electron chi connectivity index (χ1n) is 6.47. The molecule has 1 aromatic heterocycles. The van der Waals surface area contributed by atoms with Gasteiger partial charge in [-0.25, -0.2) is 9.97 Å². The van der Waals surface area contributed by atoms with Crippen LogP contribution in [0.15, 0.2) is 18.5 Å². The van der Waals surface area contributed by atoms with Gasteiger partial charge in [0.25, 0.3) is 5.17 Å². The van der Waals surface area contributed by atoms with Crippen molar-refractivity contribution in [1.82, 2.24) is 9.97 Å². The van der Waals surface area contributed by atoms with Gasteiger partial charge in [0.2, 0.25) is 5.95 Å². The molecule has 1 unspecified atom stereocenters. The van der Waals surface area contributed by atoms with E-state index in [4.69, 9.17) is 17.0 Å². The second-order valence-electron chi connectivity index (χ2n) is 4.26. The number of aromatic nitrogens is 2. The van der Waals surface area contributed by atoms with E-state index in [1.54, 1.807) is 18.5 Å². The van der Waals surface area contributed by atoms with Crippen molar-refractivity contribution >= 4 is 23.3 Å². The summed E-state index contributed by atoms with van der Waals surface area (Å²) >= 11 is 5.10. The third-order valence-corrected chi connectivity index (χ3v) is 2.75. The van der Waals surface area contributed by atoms with Crippen LogP contribution in [0, 0.1) is 0 Å². The molecule has 0 bridgehead atoms. The van der Waals surface area contributed by atoms with Crippen LogP contribution in [0.2, 0.25) is 0 Å². The predicted molar refractivity (Wildman–Crippen MR) is 77.6 cm³/mol. The molecule has 0 aliphatic heterocycles. The number of nitrogens with zero attached hydrogens (tertiary/aromatic N) is 2. The third kappa shape index (κ3) is 6.49. The molecule has 0 aliphatic rings. The van der Waals surface area contributed by atoms with Crippen molar-refractivity contribution in [3.63, 3.8) is 0 Å². The predicted octanol–water partition coefficient (Wildman–Crippen LogP) is 3.55. The molecule has 100 valence electrons. The highest BCUT2D eigenvalue weighted by atomic mass is 32.1. The summed E-state index contributed by atoms with van der Waals surface area (Å²) in [5.74, 6) is 0.473. The van der Waals surface area contributed by atoms with Crippen molar-refractivity contribution in [3.8, 4) is 0 Å². The number of rotatable bonds is 7. The Labute approximate surface area is 114 Å². The Kier molecular flexibility index (Phi) is 7.25. The number of ether oxygens (including phenoxy) is 1. The maximum atomic E-state index is 5.57.